The van der Waals surface area contributed by atoms with Crippen molar-refractivity contribution in [2.45, 2.75) is 52.6 Å². The summed E-state index contributed by atoms with van der Waals surface area (Å²) in [5, 5.41) is 3.48. The Morgan fingerprint density at radius 3 is 2.80 bits per heavy atom. The van der Waals surface area contributed by atoms with Crippen LogP contribution in [0, 0.1) is 5.41 Å². The number of nitrogens with one attached hydrogen (secondary N) is 2. The highest BCUT2D eigenvalue weighted by Gasteiger charge is 2.20. The Morgan fingerprint density at radius 1 is 1.47 bits per heavy atom. The summed E-state index contributed by atoms with van der Waals surface area (Å²) in [5.41, 5.74) is 1.51. The molecule has 1 aliphatic carbocycles. The fraction of sp³-hybridized carbons (Fsp3) is 0.750. The van der Waals surface area contributed by atoms with Gasteiger partial charge in [-0.3, -0.25) is 0 Å². The van der Waals surface area contributed by atoms with E-state index in [9.17, 15) is 0 Å². The van der Waals surface area contributed by atoms with E-state index in [1.165, 1.54) is 18.5 Å². The molecule has 0 atom stereocenters. The average molecular weight is 207 g/mol. The highest BCUT2D eigenvalue weighted by atomic mass is 15.0. The molecule has 1 aliphatic rings. The van der Waals surface area contributed by atoms with E-state index in [1.54, 1.807) is 0 Å². The Labute approximate surface area is 91.7 Å². The second-order valence-electron chi connectivity index (χ2n) is 5.75. The van der Waals surface area contributed by atoms with E-state index in [2.05, 4.69) is 36.1 Å². The second kappa shape index (κ2) is 3.97. The molecule has 2 N–H and O–H groups in total. The monoisotopic (exact) mass is 207 g/mol. The van der Waals surface area contributed by atoms with Gasteiger partial charge in [-0.05, 0) is 18.3 Å². The van der Waals surface area contributed by atoms with Crippen LogP contribution in [-0.2, 0) is 13.0 Å². The van der Waals surface area contributed by atoms with Crippen LogP contribution < -0.4 is 5.32 Å². The van der Waals surface area contributed by atoms with E-state index < -0.39 is 0 Å². The number of aromatic amines is 1. The van der Waals surface area contributed by atoms with Crippen molar-refractivity contribution in [2.24, 2.45) is 5.41 Å². The van der Waals surface area contributed by atoms with Gasteiger partial charge in [0.25, 0.3) is 0 Å². The molecule has 0 radical (unpaired) electrons. The summed E-state index contributed by atoms with van der Waals surface area (Å²) in [5.74, 6) is 1.11. The van der Waals surface area contributed by atoms with Crippen molar-refractivity contribution in [1.29, 1.82) is 0 Å². The maximum absolute atomic E-state index is 4.40. The largest absolute Gasteiger partial charge is 0.345 e. The van der Waals surface area contributed by atoms with Crippen LogP contribution in [0.3, 0.4) is 0 Å². The lowest BCUT2D eigenvalue weighted by molar-refractivity contribution is 0.402. The summed E-state index contributed by atoms with van der Waals surface area (Å²) in [6.07, 6.45) is 5.64. The van der Waals surface area contributed by atoms with E-state index in [0.717, 1.165) is 24.8 Å². The lowest BCUT2D eigenvalue weighted by atomic mass is 9.92. The van der Waals surface area contributed by atoms with Gasteiger partial charge in [0, 0.05) is 30.9 Å². The molecule has 1 aromatic heterocycles. The van der Waals surface area contributed by atoms with Gasteiger partial charge >= 0.3 is 0 Å². The first-order valence-electron chi connectivity index (χ1n) is 5.79. The van der Waals surface area contributed by atoms with E-state index in [0.29, 0.717) is 5.41 Å². The first kappa shape index (κ1) is 10.7. The number of hydrogen-bond acceptors (Lipinski definition) is 2. The van der Waals surface area contributed by atoms with E-state index in [4.69, 9.17) is 0 Å². The van der Waals surface area contributed by atoms with Crippen LogP contribution in [-0.4, -0.2) is 16.0 Å². The van der Waals surface area contributed by atoms with Crippen LogP contribution in [0.15, 0.2) is 6.20 Å². The molecule has 15 heavy (non-hydrogen) atoms. The second-order valence-corrected chi connectivity index (χ2v) is 5.75. The molecule has 0 bridgehead atoms. The van der Waals surface area contributed by atoms with Gasteiger partial charge in [0.2, 0.25) is 0 Å². The minimum absolute atomic E-state index is 0.305. The van der Waals surface area contributed by atoms with Crippen LogP contribution in [0.5, 0.6) is 0 Å². The summed E-state index contributed by atoms with van der Waals surface area (Å²) in [4.78, 5) is 7.78. The minimum Gasteiger partial charge on any atom is -0.345 e. The molecule has 1 aromatic rings. The summed E-state index contributed by atoms with van der Waals surface area (Å²) in [6, 6.07) is 0.763. The van der Waals surface area contributed by atoms with Crippen molar-refractivity contribution in [3.63, 3.8) is 0 Å². The molecule has 3 nitrogen and oxygen atoms in total. The number of imidazole rings is 1. The van der Waals surface area contributed by atoms with Gasteiger partial charge in [0.1, 0.15) is 5.82 Å². The number of aromatic nitrogens is 2. The van der Waals surface area contributed by atoms with E-state index in [-0.39, 0.29) is 0 Å². The first-order valence-corrected chi connectivity index (χ1v) is 5.79. The predicted octanol–water partition coefficient (Wildman–Crippen LogP) is 2.25. The molecule has 3 heteroatoms. The molecule has 0 aliphatic heterocycles. The van der Waals surface area contributed by atoms with Gasteiger partial charge in [0.05, 0.1) is 0 Å². The minimum atomic E-state index is 0.305. The number of rotatable bonds is 4. The third-order valence-corrected chi connectivity index (χ3v) is 2.54. The summed E-state index contributed by atoms with van der Waals surface area (Å²) in [6.45, 7) is 7.63. The lowest BCUT2D eigenvalue weighted by Gasteiger charge is -2.15. The molecule has 0 aromatic carbocycles. The topological polar surface area (TPSA) is 40.7 Å². The highest BCUT2D eigenvalue weighted by Crippen LogP contribution is 2.20. The predicted molar refractivity (Wildman–Crippen MR) is 61.6 cm³/mol. The quantitative estimate of drug-likeness (QED) is 0.795. The lowest BCUT2D eigenvalue weighted by Crippen LogP contribution is -2.15. The number of nitrogens with zero attached hydrogens (tertiary/aromatic N) is 1. The molecule has 84 valence electrons. The molecular weight excluding hydrogens is 186 g/mol. The number of hydrogen-bond donors (Lipinski definition) is 2. The fourth-order valence-electron chi connectivity index (χ4n) is 1.63. The van der Waals surface area contributed by atoms with Gasteiger partial charge in [-0.1, -0.05) is 20.8 Å². The Kier molecular flexibility index (Phi) is 2.83. The molecule has 2 rings (SSSR count). The van der Waals surface area contributed by atoms with Gasteiger partial charge in [-0.25, -0.2) is 4.98 Å². The van der Waals surface area contributed by atoms with Crippen molar-refractivity contribution in [2.75, 3.05) is 0 Å². The van der Waals surface area contributed by atoms with Crippen LogP contribution >= 0.6 is 0 Å². The molecule has 0 unspecified atom stereocenters. The van der Waals surface area contributed by atoms with Gasteiger partial charge in [-0.2, -0.15) is 0 Å². The molecule has 0 saturated heterocycles. The third-order valence-electron chi connectivity index (χ3n) is 2.54. The zero-order valence-corrected chi connectivity index (χ0v) is 9.93. The molecule has 0 spiro atoms. The molecule has 1 saturated carbocycles. The third kappa shape index (κ3) is 3.67. The molecule has 0 amide bonds. The van der Waals surface area contributed by atoms with Gasteiger partial charge in [0.15, 0.2) is 0 Å². The van der Waals surface area contributed by atoms with Crippen LogP contribution in [0.1, 0.15) is 45.1 Å². The molecular formula is C12H21N3. The number of H-pyrrole nitrogens is 1. The van der Waals surface area contributed by atoms with E-state index >= 15 is 0 Å². The first-order chi connectivity index (χ1) is 7.03. The zero-order valence-electron chi connectivity index (χ0n) is 9.93. The Balaban J connectivity index is 1.85. The standard InChI is InChI=1S/C12H21N3/c1-12(2,3)6-11-14-8-10(15-11)7-13-9-4-5-9/h8-9,13H,4-7H2,1-3H3,(H,14,15). The van der Waals surface area contributed by atoms with Gasteiger partial charge in [-0.15, -0.1) is 0 Å². The van der Waals surface area contributed by atoms with Crippen molar-refractivity contribution < 1.29 is 0 Å². The zero-order chi connectivity index (χ0) is 10.9. The normalized spacial score (nSPS) is 17.0. The fourth-order valence-corrected chi connectivity index (χ4v) is 1.63. The van der Waals surface area contributed by atoms with Crippen LogP contribution in [0.4, 0.5) is 0 Å². The van der Waals surface area contributed by atoms with Crippen molar-refractivity contribution >= 4 is 0 Å². The van der Waals surface area contributed by atoms with Gasteiger partial charge < -0.3 is 10.3 Å². The maximum atomic E-state index is 4.40. The average Bonchev–Trinajstić information content (AvgIpc) is 2.83. The maximum Gasteiger partial charge on any atom is 0.106 e. The van der Waals surface area contributed by atoms with Crippen molar-refractivity contribution in [3.8, 4) is 0 Å². The van der Waals surface area contributed by atoms with Crippen molar-refractivity contribution in [1.82, 2.24) is 15.3 Å². The van der Waals surface area contributed by atoms with E-state index in [1.807, 2.05) is 6.20 Å². The Bertz CT molecular complexity index is 318. The van der Waals surface area contributed by atoms with Crippen LogP contribution in [0.2, 0.25) is 0 Å². The molecule has 1 heterocycles. The Morgan fingerprint density at radius 2 is 2.20 bits per heavy atom. The summed E-state index contributed by atoms with van der Waals surface area (Å²) >= 11 is 0. The highest BCUT2D eigenvalue weighted by molar-refractivity contribution is 5.03. The van der Waals surface area contributed by atoms with Crippen molar-refractivity contribution in [3.05, 3.63) is 17.7 Å². The summed E-state index contributed by atoms with van der Waals surface area (Å²) in [7, 11) is 0. The smallest absolute Gasteiger partial charge is 0.106 e. The Hall–Kier alpha value is -0.830. The summed E-state index contributed by atoms with van der Waals surface area (Å²) < 4.78 is 0. The molecule has 1 fully saturated rings. The SMILES string of the molecule is CC(C)(C)Cc1ncc(CNC2CC2)[nH]1. The van der Waals surface area contributed by atoms with Crippen LogP contribution in [0.25, 0.3) is 0 Å².